The van der Waals surface area contributed by atoms with E-state index in [4.69, 9.17) is 5.26 Å². The summed E-state index contributed by atoms with van der Waals surface area (Å²) in [7, 11) is 1.89. The van der Waals surface area contributed by atoms with E-state index in [2.05, 4.69) is 23.6 Å². The molecule has 0 aromatic rings. The van der Waals surface area contributed by atoms with Gasteiger partial charge in [-0.15, -0.1) is 0 Å². The summed E-state index contributed by atoms with van der Waals surface area (Å²) in [5.41, 5.74) is -0.278. The third-order valence-corrected chi connectivity index (χ3v) is 2.92. The average Bonchev–Trinajstić information content (AvgIpc) is 2.17. The zero-order valence-electron chi connectivity index (χ0n) is 7.85. The van der Waals surface area contributed by atoms with Crippen molar-refractivity contribution in [1.29, 1.82) is 5.26 Å². The highest BCUT2D eigenvalue weighted by Gasteiger charge is 2.38. The second-order valence-electron chi connectivity index (χ2n) is 3.39. The highest BCUT2D eigenvalue weighted by Crippen LogP contribution is 2.25. The summed E-state index contributed by atoms with van der Waals surface area (Å²) in [5.74, 6) is 0.446. The minimum absolute atomic E-state index is 0.278. The molecule has 0 radical (unpaired) electrons. The molecule has 1 saturated heterocycles. The number of nitrogens with zero attached hydrogens (tertiary/aromatic N) is 1. The van der Waals surface area contributed by atoms with Crippen molar-refractivity contribution >= 4 is 0 Å². The SMILES string of the molecule is CCC1CNCCC1(C#N)NC. The van der Waals surface area contributed by atoms with E-state index in [-0.39, 0.29) is 5.54 Å². The molecule has 2 unspecified atom stereocenters. The third kappa shape index (κ3) is 1.45. The smallest absolute Gasteiger partial charge is 0.111 e. The maximum atomic E-state index is 9.10. The summed E-state index contributed by atoms with van der Waals surface area (Å²) in [4.78, 5) is 0. The Balaban J connectivity index is 2.75. The molecule has 2 N–H and O–H groups in total. The lowest BCUT2D eigenvalue weighted by atomic mass is 9.78. The van der Waals surface area contributed by atoms with Crippen molar-refractivity contribution in [3.8, 4) is 6.07 Å². The van der Waals surface area contributed by atoms with E-state index in [9.17, 15) is 0 Å². The van der Waals surface area contributed by atoms with Crippen LogP contribution >= 0.6 is 0 Å². The van der Waals surface area contributed by atoms with Crippen LogP contribution in [0.15, 0.2) is 0 Å². The highest BCUT2D eigenvalue weighted by molar-refractivity contribution is 5.12. The van der Waals surface area contributed by atoms with E-state index in [1.165, 1.54) is 0 Å². The molecule has 12 heavy (non-hydrogen) atoms. The van der Waals surface area contributed by atoms with Gasteiger partial charge in [0, 0.05) is 12.5 Å². The molecule has 1 heterocycles. The third-order valence-electron chi connectivity index (χ3n) is 2.92. The standard InChI is InChI=1S/C9H17N3/c1-3-8-6-12-5-4-9(8,7-10)11-2/h8,11-12H,3-6H2,1-2H3. The molecule has 0 saturated carbocycles. The summed E-state index contributed by atoms with van der Waals surface area (Å²) in [6.07, 6.45) is 1.97. The zero-order chi connectivity index (χ0) is 9.03. The summed E-state index contributed by atoms with van der Waals surface area (Å²) >= 11 is 0. The first-order valence-corrected chi connectivity index (χ1v) is 4.60. The molecule has 0 aromatic carbocycles. The van der Waals surface area contributed by atoms with Gasteiger partial charge in [0.05, 0.1) is 6.07 Å². The van der Waals surface area contributed by atoms with Crippen LogP contribution in [0.1, 0.15) is 19.8 Å². The number of nitriles is 1. The van der Waals surface area contributed by atoms with Crippen LogP contribution < -0.4 is 10.6 Å². The molecule has 1 fully saturated rings. The molecule has 3 heteroatoms. The van der Waals surface area contributed by atoms with Crippen LogP contribution in [-0.4, -0.2) is 25.7 Å². The molecule has 1 aliphatic rings. The van der Waals surface area contributed by atoms with Crippen molar-refractivity contribution in [2.45, 2.75) is 25.3 Å². The average molecular weight is 167 g/mol. The maximum Gasteiger partial charge on any atom is 0.111 e. The summed E-state index contributed by atoms with van der Waals surface area (Å²) < 4.78 is 0. The normalized spacial score (nSPS) is 35.9. The lowest BCUT2D eigenvalue weighted by molar-refractivity contribution is 0.218. The Labute approximate surface area is 74.1 Å². The number of rotatable bonds is 2. The predicted octanol–water partition coefficient (Wildman–Crippen LogP) is 0.488. The summed E-state index contributed by atoms with van der Waals surface area (Å²) in [6.45, 7) is 4.05. The van der Waals surface area contributed by atoms with Gasteiger partial charge < -0.3 is 10.6 Å². The Hall–Kier alpha value is -0.590. The molecule has 0 bridgehead atoms. The second-order valence-corrected chi connectivity index (χ2v) is 3.39. The van der Waals surface area contributed by atoms with Crippen LogP contribution in [-0.2, 0) is 0 Å². The van der Waals surface area contributed by atoms with Crippen LogP contribution in [0.4, 0.5) is 0 Å². The Morgan fingerprint density at radius 2 is 2.50 bits per heavy atom. The monoisotopic (exact) mass is 167 g/mol. The van der Waals surface area contributed by atoms with Gasteiger partial charge in [-0.2, -0.15) is 5.26 Å². The first-order valence-electron chi connectivity index (χ1n) is 4.60. The van der Waals surface area contributed by atoms with Crippen molar-refractivity contribution in [2.75, 3.05) is 20.1 Å². The fraction of sp³-hybridized carbons (Fsp3) is 0.889. The van der Waals surface area contributed by atoms with E-state index in [1.807, 2.05) is 7.05 Å². The molecule has 2 atom stereocenters. The largest absolute Gasteiger partial charge is 0.316 e. The molecular formula is C9H17N3. The quantitative estimate of drug-likeness (QED) is 0.629. The Morgan fingerprint density at radius 3 is 2.92 bits per heavy atom. The highest BCUT2D eigenvalue weighted by atomic mass is 15.0. The molecule has 0 aromatic heterocycles. The Kier molecular flexibility index (Phi) is 3.07. The molecule has 3 nitrogen and oxygen atoms in total. The van der Waals surface area contributed by atoms with Crippen LogP contribution in [0.5, 0.6) is 0 Å². The molecule has 0 spiro atoms. The van der Waals surface area contributed by atoms with Gasteiger partial charge in [0.1, 0.15) is 5.54 Å². The van der Waals surface area contributed by atoms with E-state index in [0.29, 0.717) is 5.92 Å². The summed E-state index contributed by atoms with van der Waals surface area (Å²) in [6, 6.07) is 2.42. The van der Waals surface area contributed by atoms with Crippen molar-refractivity contribution in [3.05, 3.63) is 0 Å². The van der Waals surface area contributed by atoms with Crippen molar-refractivity contribution < 1.29 is 0 Å². The van der Waals surface area contributed by atoms with Gasteiger partial charge in [0.25, 0.3) is 0 Å². The van der Waals surface area contributed by atoms with Crippen molar-refractivity contribution in [3.63, 3.8) is 0 Å². The molecular weight excluding hydrogens is 150 g/mol. The zero-order valence-corrected chi connectivity index (χ0v) is 7.85. The first-order chi connectivity index (χ1) is 5.79. The second kappa shape index (κ2) is 3.88. The van der Waals surface area contributed by atoms with E-state index in [0.717, 1.165) is 25.9 Å². The lowest BCUT2D eigenvalue weighted by Gasteiger charge is -2.38. The van der Waals surface area contributed by atoms with E-state index < -0.39 is 0 Å². The van der Waals surface area contributed by atoms with Crippen molar-refractivity contribution in [2.24, 2.45) is 5.92 Å². The number of hydrogen-bond acceptors (Lipinski definition) is 3. The fourth-order valence-electron chi connectivity index (χ4n) is 1.97. The topological polar surface area (TPSA) is 47.9 Å². The molecule has 0 aliphatic carbocycles. The van der Waals surface area contributed by atoms with E-state index in [1.54, 1.807) is 0 Å². The number of piperidine rings is 1. The van der Waals surface area contributed by atoms with Gasteiger partial charge in [-0.3, -0.25) is 0 Å². The minimum atomic E-state index is -0.278. The minimum Gasteiger partial charge on any atom is -0.316 e. The van der Waals surface area contributed by atoms with Crippen LogP contribution in [0.3, 0.4) is 0 Å². The Bertz CT molecular complexity index is 185. The van der Waals surface area contributed by atoms with Gasteiger partial charge in [0.2, 0.25) is 0 Å². The Morgan fingerprint density at radius 1 is 1.75 bits per heavy atom. The number of hydrogen-bond donors (Lipinski definition) is 2. The van der Waals surface area contributed by atoms with Crippen LogP contribution in [0, 0.1) is 17.2 Å². The maximum absolute atomic E-state index is 9.10. The first kappa shape index (κ1) is 9.50. The van der Waals surface area contributed by atoms with Crippen LogP contribution in [0.25, 0.3) is 0 Å². The van der Waals surface area contributed by atoms with E-state index >= 15 is 0 Å². The number of nitrogens with one attached hydrogen (secondary N) is 2. The van der Waals surface area contributed by atoms with Crippen molar-refractivity contribution in [1.82, 2.24) is 10.6 Å². The molecule has 0 amide bonds. The van der Waals surface area contributed by atoms with Gasteiger partial charge >= 0.3 is 0 Å². The van der Waals surface area contributed by atoms with Gasteiger partial charge in [-0.25, -0.2) is 0 Å². The molecule has 1 aliphatic heterocycles. The van der Waals surface area contributed by atoms with Gasteiger partial charge in [0.15, 0.2) is 0 Å². The summed E-state index contributed by atoms with van der Waals surface area (Å²) in [5, 5.41) is 15.6. The predicted molar refractivity (Wildman–Crippen MR) is 48.7 cm³/mol. The lowest BCUT2D eigenvalue weighted by Crippen LogP contribution is -2.56. The molecule has 1 rings (SSSR count). The fourth-order valence-corrected chi connectivity index (χ4v) is 1.97. The van der Waals surface area contributed by atoms with Crippen LogP contribution in [0.2, 0.25) is 0 Å². The molecule has 68 valence electrons. The van der Waals surface area contributed by atoms with Gasteiger partial charge in [-0.1, -0.05) is 6.92 Å². The van der Waals surface area contributed by atoms with Gasteiger partial charge in [-0.05, 0) is 26.4 Å².